The van der Waals surface area contributed by atoms with Crippen LogP contribution in [0.2, 0.25) is 5.02 Å². The van der Waals surface area contributed by atoms with Crippen molar-refractivity contribution in [2.45, 2.75) is 6.18 Å². The number of pyridine rings is 1. The number of carbonyl (C=O) groups excluding carboxylic acids is 1. The number of hydrogen-bond acceptors (Lipinski definition) is 3. The molecule has 0 aliphatic rings. The fourth-order valence-corrected chi connectivity index (χ4v) is 2.71. The lowest BCUT2D eigenvalue weighted by Crippen LogP contribution is -2.29. The molecule has 0 spiro atoms. The maximum Gasteiger partial charge on any atom is 0.419 e. The summed E-state index contributed by atoms with van der Waals surface area (Å²) in [6.45, 7) is 0. The summed E-state index contributed by atoms with van der Waals surface area (Å²) in [6.07, 6.45) is -2.12. The van der Waals surface area contributed by atoms with E-state index in [1.165, 1.54) is 18.0 Å². The molecule has 0 N–H and O–H groups in total. The van der Waals surface area contributed by atoms with E-state index in [1.54, 1.807) is 24.5 Å². The van der Waals surface area contributed by atoms with Crippen LogP contribution in [0.4, 0.5) is 23.7 Å². The largest absolute Gasteiger partial charge is 0.419 e. The normalized spacial score (nSPS) is 11.2. The van der Waals surface area contributed by atoms with Crippen LogP contribution in [0, 0.1) is 0 Å². The summed E-state index contributed by atoms with van der Waals surface area (Å²) in [6, 6.07) is 13.7. The van der Waals surface area contributed by atoms with E-state index in [0.29, 0.717) is 11.8 Å². The van der Waals surface area contributed by atoms with Gasteiger partial charge in [0.2, 0.25) is 0 Å². The first-order valence-corrected chi connectivity index (χ1v) is 8.46. The zero-order chi connectivity index (χ0) is 20.3. The van der Waals surface area contributed by atoms with E-state index in [2.05, 4.69) is 4.98 Å². The number of benzene rings is 2. The Bertz CT molecular complexity index is 977. The van der Waals surface area contributed by atoms with Crippen molar-refractivity contribution in [2.75, 3.05) is 11.9 Å². The van der Waals surface area contributed by atoms with E-state index in [1.807, 2.05) is 24.3 Å². The van der Waals surface area contributed by atoms with Crippen LogP contribution in [0.5, 0.6) is 5.75 Å². The average Bonchev–Trinajstić information content (AvgIpc) is 2.69. The third kappa shape index (κ3) is 4.43. The molecule has 0 radical (unpaired) electrons. The van der Waals surface area contributed by atoms with Crippen molar-refractivity contribution < 1.29 is 22.7 Å². The van der Waals surface area contributed by atoms with Crippen molar-refractivity contribution in [1.29, 1.82) is 0 Å². The molecule has 0 aliphatic carbocycles. The number of hydrogen-bond donors (Lipinski definition) is 0. The molecule has 0 atom stereocenters. The molecule has 3 rings (SSSR count). The van der Waals surface area contributed by atoms with Gasteiger partial charge < -0.3 is 4.74 Å². The van der Waals surface area contributed by atoms with Gasteiger partial charge in [0.1, 0.15) is 5.75 Å². The summed E-state index contributed by atoms with van der Waals surface area (Å²) in [5, 5.41) is -0.465. The van der Waals surface area contributed by atoms with Crippen LogP contribution < -0.4 is 9.64 Å². The first kappa shape index (κ1) is 19.7. The van der Waals surface area contributed by atoms with Crippen molar-refractivity contribution >= 4 is 23.4 Å². The molecule has 1 aromatic heterocycles. The highest BCUT2D eigenvalue weighted by Gasteiger charge is 2.33. The van der Waals surface area contributed by atoms with Crippen LogP contribution in [-0.4, -0.2) is 18.1 Å². The van der Waals surface area contributed by atoms with Crippen molar-refractivity contribution in [2.24, 2.45) is 0 Å². The van der Waals surface area contributed by atoms with Crippen LogP contribution in [-0.2, 0) is 6.18 Å². The van der Waals surface area contributed by atoms with Crippen LogP contribution >= 0.6 is 11.6 Å². The van der Waals surface area contributed by atoms with Crippen LogP contribution in [0.25, 0.3) is 11.1 Å². The van der Waals surface area contributed by atoms with Gasteiger partial charge >= 0.3 is 12.3 Å². The van der Waals surface area contributed by atoms with Gasteiger partial charge in [-0.2, -0.15) is 13.2 Å². The van der Waals surface area contributed by atoms with E-state index in [0.717, 1.165) is 17.2 Å². The fraction of sp³-hybridized carbons (Fsp3) is 0.100. The van der Waals surface area contributed by atoms with Gasteiger partial charge in [0.05, 0.1) is 10.6 Å². The molecule has 0 saturated heterocycles. The van der Waals surface area contributed by atoms with Gasteiger partial charge in [0.15, 0.2) is 0 Å². The highest BCUT2D eigenvalue weighted by atomic mass is 35.5. The molecule has 0 unspecified atom stereocenters. The molecule has 0 aliphatic heterocycles. The summed E-state index contributed by atoms with van der Waals surface area (Å²) in [5.74, 6) is -0.248. The number of alkyl halides is 3. The maximum atomic E-state index is 12.9. The van der Waals surface area contributed by atoms with Gasteiger partial charge in [-0.1, -0.05) is 23.7 Å². The highest BCUT2D eigenvalue weighted by Crippen LogP contribution is 2.37. The van der Waals surface area contributed by atoms with E-state index >= 15 is 0 Å². The summed E-state index contributed by atoms with van der Waals surface area (Å²) < 4.78 is 43.8. The zero-order valence-corrected chi connectivity index (χ0v) is 15.3. The van der Waals surface area contributed by atoms with Crippen molar-refractivity contribution in [1.82, 2.24) is 4.98 Å². The molecule has 4 nitrogen and oxygen atoms in total. The minimum atomic E-state index is -4.64. The molecular weight excluding hydrogens is 393 g/mol. The van der Waals surface area contributed by atoms with Crippen molar-refractivity contribution in [3.8, 4) is 16.9 Å². The summed E-state index contributed by atoms with van der Waals surface area (Å²) >= 11 is 5.57. The minimum absolute atomic E-state index is 0.248. The highest BCUT2D eigenvalue weighted by molar-refractivity contribution is 6.31. The third-order valence-corrected chi connectivity index (χ3v) is 4.32. The topological polar surface area (TPSA) is 42.4 Å². The van der Waals surface area contributed by atoms with Crippen molar-refractivity contribution in [3.05, 3.63) is 77.6 Å². The minimum Gasteiger partial charge on any atom is -0.410 e. The van der Waals surface area contributed by atoms with Gasteiger partial charge in [0.25, 0.3) is 0 Å². The molecular formula is C20H14ClF3N2O2. The quantitative estimate of drug-likeness (QED) is 0.531. The van der Waals surface area contributed by atoms with Crippen LogP contribution in [0.3, 0.4) is 0 Å². The lowest BCUT2D eigenvalue weighted by molar-refractivity contribution is -0.137. The average molecular weight is 407 g/mol. The Morgan fingerprint density at radius 3 is 2.21 bits per heavy atom. The third-order valence-electron chi connectivity index (χ3n) is 3.99. The Kier molecular flexibility index (Phi) is 5.56. The zero-order valence-electron chi connectivity index (χ0n) is 14.6. The number of nitrogens with zero attached hydrogens (tertiary/aromatic N) is 2. The molecule has 1 heterocycles. The molecule has 3 aromatic rings. The summed E-state index contributed by atoms with van der Waals surface area (Å²) in [4.78, 5) is 17.4. The predicted octanol–water partition coefficient (Wildman–Crippen LogP) is 6.06. The van der Waals surface area contributed by atoms with E-state index in [9.17, 15) is 18.0 Å². The Morgan fingerprint density at radius 1 is 1.00 bits per heavy atom. The molecule has 0 saturated carbocycles. The van der Waals surface area contributed by atoms with E-state index in [4.69, 9.17) is 16.3 Å². The monoisotopic (exact) mass is 406 g/mol. The molecule has 0 fully saturated rings. The Balaban J connectivity index is 1.75. The molecule has 144 valence electrons. The number of halogens is 4. The van der Waals surface area contributed by atoms with Gasteiger partial charge in [-0.05, 0) is 53.6 Å². The summed E-state index contributed by atoms with van der Waals surface area (Å²) in [5.41, 5.74) is 1.35. The van der Waals surface area contributed by atoms with Gasteiger partial charge in [0, 0.05) is 25.1 Å². The molecule has 28 heavy (non-hydrogen) atoms. The maximum absolute atomic E-state index is 12.9. The number of anilines is 1. The Hall–Kier alpha value is -3.06. The smallest absolute Gasteiger partial charge is 0.410 e. The number of amides is 1. The predicted molar refractivity (Wildman–Crippen MR) is 101 cm³/mol. The van der Waals surface area contributed by atoms with Gasteiger partial charge in [-0.15, -0.1) is 0 Å². The molecule has 2 aromatic carbocycles. The molecule has 0 bridgehead atoms. The van der Waals surface area contributed by atoms with Gasteiger partial charge in [-0.3, -0.25) is 9.88 Å². The first-order chi connectivity index (χ1) is 13.3. The van der Waals surface area contributed by atoms with Crippen LogP contribution in [0.1, 0.15) is 5.56 Å². The lowest BCUT2D eigenvalue weighted by Gasteiger charge is -2.18. The number of ether oxygens (including phenoxy) is 1. The van der Waals surface area contributed by atoms with Gasteiger partial charge in [-0.25, -0.2) is 4.79 Å². The second-order valence-corrected chi connectivity index (χ2v) is 6.26. The Morgan fingerprint density at radius 2 is 1.61 bits per heavy atom. The lowest BCUT2D eigenvalue weighted by atomic mass is 10.1. The Labute approximate surface area is 164 Å². The summed E-state index contributed by atoms with van der Waals surface area (Å²) in [7, 11) is 1.46. The number of rotatable bonds is 3. The number of carbonyl (C=O) groups is 1. The van der Waals surface area contributed by atoms with Crippen molar-refractivity contribution in [3.63, 3.8) is 0 Å². The second kappa shape index (κ2) is 7.90. The second-order valence-electron chi connectivity index (χ2n) is 5.85. The standard InChI is InChI=1S/C20H14ClF3N2O2/c1-26(15-4-2-13(3-5-15)14-8-10-25-11-9-14)19(27)28-16-6-7-18(21)17(12-16)20(22,23)24/h2-12H,1H3. The fourth-order valence-electron chi connectivity index (χ4n) is 2.48. The number of aromatic nitrogens is 1. The van der Waals surface area contributed by atoms with Crippen LogP contribution in [0.15, 0.2) is 67.0 Å². The molecule has 1 amide bonds. The van der Waals surface area contributed by atoms with E-state index in [-0.39, 0.29) is 5.75 Å². The SMILES string of the molecule is CN(C(=O)Oc1ccc(Cl)c(C(F)(F)F)c1)c1ccc(-c2ccncc2)cc1. The van der Waals surface area contributed by atoms with E-state index < -0.39 is 22.9 Å². The first-order valence-electron chi connectivity index (χ1n) is 8.08. The molecule has 8 heteroatoms.